The lowest BCUT2D eigenvalue weighted by molar-refractivity contribution is -0.432. The number of rotatable bonds is 4. The van der Waals surface area contributed by atoms with Crippen LogP contribution in [0.2, 0.25) is 0 Å². The van der Waals surface area contributed by atoms with E-state index in [0.29, 0.717) is 0 Å². The molecule has 0 saturated heterocycles. The molecule has 1 atom stereocenters. The molecule has 202 valence electrons. The maximum absolute atomic E-state index is 13.5. The van der Waals surface area contributed by atoms with Gasteiger partial charge < -0.3 is 10.0 Å². The predicted molar refractivity (Wildman–Crippen MR) is 161 cm³/mol. The molecule has 2 aliphatic rings. The molecule has 0 spiro atoms. The molecule has 40 heavy (non-hydrogen) atoms. The molecule has 2 heterocycles. The number of carboxylic acid groups (broad SMARTS) is 1. The minimum absolute atomic E-state index is 0.199. The molecule has 6 nitrogen and oxygen atoms in total. The number of hydrogen-bond donors (Lipinski definition) is 1. The van der Waals surface area contributed by atoms with Crippen LogP contribution in [0.15, 0.2) is 64.2 Å². The number of benzene rings is 3. The van der Waals surface area contributed by atoms with Crippen LogP contribution in [0.4, 0.5) is 11.4 Å². The molecule has 0 aromatic heterocycles. The number of fused-ring (bicyclic) bond motifs is 4. The van der Waals surface area contributed by atoms with Crippen LogP contribution in [0.25, 0.3) is 22.9 Å². The highest BCUT2D eigenvalue weighted by Crippen LogP contribution is 2.46. The first kappa shape index (κ1) is 25.9. The average molecular weight is 534 g/mol. The fraction of sp³-hybridized carbons (Fsp3) is 0.294. The van der Waals surface area contributed by atoms with Crippen LogP contribution in [0.5, 0.6) is 0 Å². The summed E-state index contributed by atoms with van der Waals surface area (Å²) in [7, 11) is 1.91. The fourth-order valence-corrected chi connectivity index (χ4v) is 6.95. The lowest BCUT2D eigenvalue weighted by Gasteiger charge is -2.29. The van der Waals surface area contributed by atoms with Crippen molar-refractivity contribution in [1.29, 1.82) is 0 Å². The van der Waals surface area contributed by atoms with Crippen molar-refractivity contribution in [3.05, 3.63) is 102 Å². The minimum atomic E-state index is -0.981. The van der Waals surface area contributed by atoms with Crippen molar-refractivity contribution in [1.82, 2.24) is 0 Å². The van der Waals surface area contributed by atoms with Gasteiger partial charge in [0.25, 0.3) is 0 Å². The van der Waals surface area contributed by atoms with E-state index >= 15 is 0 Å². The Morgan fingerprint density at radius 2 is 1.70 bits per heavy atom. The molecular formula is C34H33N2O4+. The summed E-state index contributed by atoms with van der Waals surface area (Å²) < 4.78 is 2.21. The van der Waals surface area contributed by atoms with Crippen molar-refractivity contribution in [3.8, 4) is 0 Å². The molecule has 0 aliphatic carbocycles. The summed E-state index contributed by atoms with van der Waals surface area (Å²) >= 11 is 0. The molecule has 6 rings (SSSR count). The molecule has 6 heteroatoms. The smallest absolute Gasteiger partial charge is 0.335 e. The second kappa shape index (κ2) is 8.59. The Kier molecular flexibility index (Phi) is 5.57. The van der Waals surface area contributed by atoms with Crippen LogP contribution in [0.3, 0.4) is 0 Å². The van der Waals surface area contributed by atoms with Crippen molar-refractivity contribution < 1.29 is 14.5 Å². The number of carboxylic acids is 1. The lowest BCUT2D eigenvalue weighted by atomic mass is 9.78. The van der Waals surface area contributed by atoms with Gasteiger partial charge in [0.2, 0.25) is 16.5 Å². The molecule has 0 saturated carbocycles. The Morgan fingerprint density at radius 1 is 1.00 bits per heavy atom. The van der Waals surface area contributed by atoms with Crippen LogP contribution in [0.1, 0.15) is 56.1 Å². The fourth-order valence-electron chi connectivity index (χ4n) is 6.95. The quantitative estimate of drug-likeness (QED) is 0.406. The van der Waals surface area contributed by atoms with Crippen molar-refractivity contribution >= 4 is 46.0 Å². The Morgan fingerprint density at radius 3 is 2.38 bits per heavy atom. The van der Waals surface area contributed by atoms with Crippen LogP contribution >= 0.6 is 0 Å². The molecular weight excluding hydrogens is 500 g/mol. The number of anilines is 1. The predicted octanol–water partition coefficient (Wildman–Crippen LogP) is 3.59. The van der Waals surface area contributed by atoms with E-state index in [1.54, 1.807) is 30.4 Å². The summed E-state index contributed by atoms with van der Waals surface area (Å²) in [6.07, 6.45) is 3.57. The van der Waals surface area contributed by atoms with Crippen molar-refractivity contribution in [2.45, 2.75) is 51.5 Å². The highest BCUT2D eigenvalue weighted by Gasteiger charge is 2.46. The van der Waals surface area contributed by atoms with E-state index in [0.717, 1.165) is 29.2 Å². The molecule has 2 aliphatic heterocycles. The summed E-state index contributed by atoms with van der Waals surface area (Å²) in [5.74, 6) is -0.981. The summed E-state index contributed by atoms with van der Waals surface area (Å²) in [5.41, 5.74) is 3.92. The molecule has 0 fully saturated rings. The third-order valence-corrected chi connectivity index (χ3v) is 9.13. The summed E-state index contributed by atoms with van der Waals surface area (Å²) in [5, 5.41) is 12.2. The molecule has 1 unspecified atom stereocenters. The van der Waals surface area contributed by atoms with Crippen LogP contribution in [0, 0.1) is 0 Å². The van der Waals surface area contributed by atoms with Crippen molar-refractivity contribution in [3.63, 3.8) is 0 Å². The van der Waals surface area contributed by atoms with Gasteiger partial charge in [0.15, 0.2) is 5.71 Å². The zero-order valence-corrected chi connectivity index (χ0v) is 23.7. The molecule has 0 bridgehead atoms. The first-order valence-electron chi connectivity index (χ1n) is 13.7. The normalized spacial score (nSPS) is 18.8. The Labute approximate surface area is 232 Å². The largest absolute Gasteiger partial charge is 0.478 e. The number of likely N-dealkylation sites (N-methyl/N-ethyl adjacent to an activating group) is 1. The highest BCUT2D eigenvalue weighted by molar-refractivity contribution is 6.17. The van der Waals surface area contributed by atoms with Crippen LogP contribution in [-0.4, -0.2) is 41.0 Å². The topological polar surface area (TPSA) is 77.7 Å². The highest BCUT2D eigenvalue weighted by atomic mass is 16.4. The van der Waals surface area contributed by atoms with Gasteiger partial charge >= 0.3 is 5.97 Å². The Bertz CT molecular complexity index is 1960. The van der Waals surface area contributed by atoms with Crippen LogP contribution in [-0.2, 0) is 10.8 Å². The van der Waals surface area contributed by atoms with Gasteiger partial charge in [0, 0.05) is 35.9 Å². The lowest BCUT2D eigenvalue weighted by Crippen LogP contribution is -2.66. The van der Waals surface area contributed by atoms with Gasteiger partial charge in [-0.3, -0.25) is 9.59 Å². The average Bonchev–Trinajstić information content (AvgIpc) is 3.27. The van der Waals surface area contributed by atoms with E-state index in [-0.39, 0.29) is 32.9 Å². The molecule has 4 aromatic rings. The number of nitrogens with zero attached hydrogens (tertiary/aromatic N) is 2. The molecule has 1 N–H and O–H groups in total. The van der Waals surface area contributed by atoms with E-state index in [2.05, 4.69) is 49.6 Å². The second-order valence-electron chi connectivity index (χ2n) is 12.0. The van der Waals surface area contributed by atoms with Gasteiger partial charge in [0.1, 0.15) is 6.54 Å². The van der Waals surface area contributed by atoms with Crippen LogP contribution < -0.4 is 26.2 Å². The summed E-state index contributed by atoms with van der Waals surface area (Å²) in [6.45, 7) is 11.2. The maximum Gasteiger partial charge on any atom is 0.335 e. The third kappa shape index (κ3) is 3.41. The zero-order valence-electron chi connectivity index (χ0n) is 23.7. The minimum Gasteiger partial charge on any atom is -0.478 e. The number of hydrogen-bond acceptors (Lipinski definition) is 4. The summed E-state index contributed by atoms with van der Waals surface area (Å²) in [4.78, 5) is 40.6. The van der Waals surface area contributed by atoms with Gasteiger partial charge in [-0.15, -0.1) is 0 Å². The van der Waals surface area contributed by atoms with E-state index < -0.39 is 16.8 Å². The van der Waals surface area contributed by atoms with Crippen molar-refractivity contribution in [2.75, 3.05) is 18.5 Å². The van der Waals surface area contributed by atoms with E-state index in [1.807, 2.05) is 37.9 Å². The van der Waals surface area contributed by atoms with Gasteiger partial charge in [-0.05, 0) is 67.4 Å². The molecule has 4 aromatic carbocycles. The van der Waals surface area contributed by atoms with E-state index in [4.69, 9.17) is 0 Å². The van der Waals surface area contributed by atoms with Gasteiger partial charge in [-0.25, -0.2) is 4.79 Å². The standard InChI is InChI=1S/C34H32N2O4/c1-7-36-26-15-12-19-10-8-9-11-21(19)29(26)34(4,5)28(36)18-23-30(37)22(31(23)38)17-27-33(2,3)24-16-20(32(39)40)13-14-25(24)35(27)6/h8-18,27H,7H2,1-6H3/p+1. The second-order valence-corrected chi connectivity index (χ2v) is 12.0. The number of aromatic carboxylic acids is 1. The molecule has 0 radical (unpaired) electrons. The van der Waals surface area contributed by atoms with Crippen molar-refractivity contribution in [2.24, 2.45) is 0 Å². The van der Waals surface area contributed by atoms with Gasteiger partial charge in [0.05, 0.1) is 27.5 Å². The van der Waals surface area contributed by atoms with E-state index in [1.165, 1.54) is 16.3 Å². The summed E-state index contributed by atoms with van der Waals surface area (Å²) in [6, 6.07) is 17.4. The SMILES string of the molecule is CC[N+]1=C(C=c2c(=O)c(=CC3N(C)c4ccc(C(=O)O)cc4C3(C)C)c2=O)C(C)(C)c2c1ccc1ccccc21. The van der Waals surface area contributed by atoms with E-state index in [9.17, 15) is 19.5 Å². The third-order valence-electron chi connectivity index (χ3n) is 9.13. The van der Waals surface area contributed by atoms with Gasteiger partial charge in [-0.1, -0.05) is 38.1 Å². The maximum atomic E-state index is 13.5. The zero-order chi connectivity index (χ0) is 28.7. The first-order valence-corrected chi connectivity index (χ1v) is 13.7. The van der Waals surface area contributed by atoms with Gasteiger partial charge in [-0.2, -0.15) is 4.58 Å². The number of carbonyl (C=O) groups is 1. The monoisotopic (exact) mass is 533 g/mol. The Balaban J connectivity index is 1.46. The molecule has 0 amide bonds. The Hall–Kier alpha value is -4.32. The first-order chi connectivity index (χ1) is 18.9.